The summed E-state index contributed by atoms with van der Waals surface area (Å²) in [5.74, 6) is -1.72. The number of imide groups is 2. The van der Waals surface area contributed by atoms with Gasteiger partial charge in [0.25, 0.3) is 5.91 Å². The lowest BCUT2D eigenvalue weighted by Gasteiger charge is -2.30. The first-order valence-corrected chi connectivity index (χ1v) is 8.48. The van der Waals surface area contributed by atoms with Crippen molar-refractivity contribution in [1.29, 1.82) is 0 Å². The Balaban J connectivity index is 2.19. The predicted octanol–water partition coefficient (Wildman–Crippen LogP) is -0.110. The number of methoxy groups -OCH3 is 1. The lowest BCUT2D eigenvalue weighted by atomic mass is 9.99. The molecule has 1 atom stereocenters. The molecule has 0 bridgehead atoms. The molecule has 26 heavy (non-hydrogen) atoms. The molecule has 0 aromatic heterocycles. The first kappa shape index (κ1) is 19.6. The largest absolute Gasteiger partial charge is 0.497 e. The molecule has 0 spiro atoms. The lowest BCUT2D eigenvalue weighted by molar-refractivity contribution is -0.858. The molecule has 2 N–H and O–H groups in total. The number of ether oxygens (including phenoxy) is 1. The molecular weight excluding hydrogens is 336 g/mol. The van der Waals surface area contributed by atoms with Gasteiger partial charge in [0.05, 0.1) is 33.4 Å². The fraction of sp³-hybridized carbons (Fsp3) is 0.444. The third-order valence-electron chi connectivity index (χ3n) is 4.11. The third-order valence-corrected chi connectivity index (χ3v) is 4.11. The minimum absolute atomic E-state index is 0.370. The maximum absolute atomic E-state index is 12.8. The van der Waals surface area contributed by atoms with E-state index >= 15 is 0 Å². The second-order valence-corrected chi connectivity index (χ2v) is 6.43. The quantitative estimate of drug-likeness (QED) is 0.403. The van der Waals surface area contributed by atoms with E-state index in [9.17, 15) is 14.4 Å². The average Bonchev–Trinajstić information content (AvgIpc) is 2.58. The van der Waals surface area contributed by atoms with Crippen LogP contribution in [0.5, 0.6) is 5.75 Å². The Morgan fingerprint density at radius 1 is 1.23 bits per heavy atom. The van der Waals surface area contributed by atoms with Crippen molar-refractivity contribution in [3.63, 3.8) is 0 Å². The molecule has 1 heterocycles. The van der Waals surface area contributed by atoms with Crippen LogP contribution in [0.25, 0.3) is 0 Å². The number of quaternary nitrogens is 1. The molecule has 1 aliphatic rings. The topological polar surface area (TPSA) is 92.5 Å². The first-order valence-electron chi connectivity index (χ1n) is 8.48. The van der Waals surface area contributed by atoms with Crippen molar-refractivity contribution < 1.29 is 24.0 Å². The molecule has 1 saturated heterocycles. The molecule has 8 nitrogen and oxygen atoms in total. The van der Waals surface area contributed by atoms with E-state index in [0.29, 0.717) is 23.7 Å². The third kappa shape index (κ3) is 4.45. The van der Waals surface area contributed by atoms with Crippen molar-refractivity contribution in [3.05, 3.63) is 24.3 Å². The second kappa shape index (κ2) is 8.57. The number of carbonyl (C=O) groups excluding carboxylic acids is 3. The molecule has 0 radical (unpaired) electrons. The zero-order chi connectivity index (χ0) is 19.3. The molecule has 0 aliphatic carbocycles. The molecule has 1 aromatic carbocycles. The summed E-state index contributed by atoms with van der Waals surface area (Å²) in [6.45, 7) is 3.12. The summed E-state index contributed by atoms with van der Waals surface area (Å²) < 4.78 is 5.08. The maximum Gasteiger partial charge on any atom is 0.335 e. The van der Waals surface area contributed by atoms with Gasteiger partial charge < -0.3 is 9.64 Å². The number of aliphatic imine (C=N–C) groups is 1. The van der Waals surface area contributed by atoms with Crippen LogP contribution in [0, 0.1) is 5.92 Å². The van der Waals surface area contributed by atoms with E-state index in [0.717, 1.165) is 17.9 Å². The second-order valence-electron chi connectivity index (χ2n) is 6.43. The van der Waals surface area contributed by atoms with E-state index in [1.54, 1.807) is 31.2 Å². The van der Waals surface area contributed by atoms with Gasteiger partial charge in [-0.25, -0.2) is 9.69 Å². The zero-order valence-corrected chi connectivity index (χ0v) is 15.5. The molecule has 2 rings (SSSR count). The highest BCUT2D eigenvalue weighted by Gasteiger charge is 2.42. The van der Waals surface area contributed by atoms with Gasteiger partial charge in [0.15, 0.2) is 5.92 Å². The normalized spacial score (nSPS) is 18.3. The molecule has 140 valence electrons. The lowest BCUT2D eigenvalue weighted by Crippen LogP contribution is -3.05. The van der Waals surface area contributed by atoms with Gasteiger partial charge in [-0.3, -0.25) is 19.9 Å². The smallest absolute Gasteiger partial charge is 0.335 e. The molecule has 0 saturated carbocycles. The number of benzene rings is 1. The number of amides is 4. The van der Waals surface area contributed by atoms with Crippen LogP contribution in [0.3, 0.4) is 0 Å². The van der Waals surface area contributed by atoms with Crippen LogP contribution in [0.15, 0.2) is 29.3 Å². The van der Waals surface area contributed by atoms with Crippen LogP contribution in [0.1, 0.15) is 13.3 Å². The van der Waals surface area contributed by atoms with E-state index in [2.05, 4.69) is 10.3 Å². The zero-order valence-electron chi connectivity index (χ0n) is 15.5. The molecule has 1 fully saturated rings. The predicted molar refractivity (Wildman–Crippen MR) is 97.8 cm³/mol. The number of anilines is 1. The van der Waals surface area contributed by atoms with Gasteiger partial charge in [-0.15, -0.1) is 0 Å². The Morgan fingerprint density at radius 2 is 1.88 bits per heavy atom. The van der Waals surface area contributed by atoms with Crippen molar-refractivity contribution in [3.8, 4) is 5.75 Å². The Morgan fingerprint density at radius 3 is 2.46 bits per heavy atom. The van der Waals surface area contributed by atoms with E-state index < -0.39 is 23.8 Å². The highest BCUT2D eigenvalue weighted by Crippen LogP contribution is 2.24. The molecule has 1 unspecified atom stereocenters. The fourth-order valence-corrected chi connectivity index (χ4v) is 2.70. The van der Waals surface area contributed by atoms with Crippen LogP contribution < -0.4 is 19.9 Å². The molecule has 4 amide bonds. The SMILES string of the molecule is COc1ccc(N2C(=O)NC(=O)C(C(C)=NCCC[NH+](C)C)C2=O)cc1. The van der Waals surface area contributed by atoms with Gasteiger partial charge in [0.1, 0.15) is 5.75 Å². The summed E-state index contributed by atoms with van der Waals surface area (Å²) in [4.78, 5) is 43.8. The fourth-order valence-electron chi connectivity index (χ4n) is 2.70. The van der Waals surface area contributed by atoms with Gasteiger partial charge >= 0.3 is 6.03 Å². The minimum atomic E-state index is -1.10. The van der Waals surface area contributed by atoms with Crippen molar-refractivity contribution in [2.75, 3.05) is 39.2 Å². The average molecular weight is 361 g/mol. The van der Waals surface area contributed by atoms with Crippen LogP contribution in [-0.4, -0.2) is 57.9 Å². The summed E-state index contributed by atoms with van der Waals surface area (Å²) in [6.07, 6.45) is 0.851. The van der Waals surface area contributed by atoms with Crippen molar-refractivity contribution in [2.45, 2.75) is 13.3 Å². The van der Waals surface area contributed by atoms with Crippen molar-refractivity contribution >= 4 is 29.2 Å². The van der Waals surface area contributed by atoms with Gasteiger partial charge in [-0.05, 0) is 31.2 Å². The molecule has 1 aromatic rings. The monoisotopic (exact) mass is 361 g/mol. The maximum atomic E-state index is 12.8. The molecule has 8 heteroatoms. The summed E-state index contributed by atoms with van der Waals surface area (Å²) in [5.41, 5.74) is 0.780. The Hall–Kier alpha value is -2.74. The minimum Gasteiger partial charge on any atom is -0.497 e. The van der Waals surface area contributed by atoms with Crippen LogP contribution in [0.4, 0.5) is 10.5 Å². The standard InChI is InChI=1S/C18H24N4O4/c1-12(19-10-5-11-21(2)3)15-16(23)20-18(25)22(17(15)24)13-6-8-14(26-4)9-7-13/h6-9,15H,5,10-11H2,1-4H3,(H,20,23,25)/p+1. The molecular formula is C18H25N4O4+. The van der Waals surface area contributed by atoms with Gasteiger partial charge in [0, 0.05) is 18.7 Å². The van der Waals surface area contributed by atoms with Crippen LogP contribution in [-0.2, 0) is 9.59 Å². The van der Waals surface area contributed by atoms with E-state index in [1.807, 2.05) is 14.1 Å². The number of barbiturate groups is 1. The number of nitrogens with zero attached hydrogens (tertiary/aromatic N) is 2. The van der Waals surface area contributed by atoms with Crippen LogP contribution in [0.2, 0.25) is 0 Å². The number of rotatable bonds is 7. The molecule has 1 aliphatic heterocycles. The number of hydrogen-bond acceptors (Lipinski definition) is 5. The number of hydrogen-bond donors (Lipinski definition) is 2. The summed E-state index contributed by atoms with van der Waals surface area (Å²) in [7, 11) is 5.63. The number of carbonyl (C=O) groups is 3. The summed E-state index contributed by atoms with van der Waals surface area (Å²) in [6, 6.07) is 5.72. The Kier molecular flexibility index (Phi) is 6.46. The van der Waals surface area contributed by atoms with E-state index in [1.165, 1.54) is 12.0 Å². The number of urea groups is 1. The van der Waals surface area contributed by atoms with Crippen molar-refractivity contribution in [2.24, 2.45) is 10.9 Å². The highest BCUT2D eigenvalue weighted by molar-refractivity contribution is 6.35. The number of nitrogens with one attached hydrogen (secondary N) is 2. The Bertz CT molecular complexity index is 712. The van der Waals surface area contributed by atoms with Gasteiger partial charge in [-0.1, -0.05) is 0 Å². The van der Waals surface area contributed by atoms with Crippen molar-refractivity contribution in [1.82, 2.24) is 5.32 Å². The summed E-state index contributed by atoms with van der Waals surface area (Å²) in [5, 5.41) is 2.24. The highest BCUT2D eigenvalue weighted by atomic mass is 16.5. The van der Waals surface area contributed by atoms with Gasteiger partial charge in [-0.2, -0.15) is 0 Å². The Labute approximate surface area is 152 Å². The van der Waals surface area contributed by atoms with Crippen LogP contribution >= 0.6 is 0 Å². The van der Waals surface area contributed by atoms with E-state index in [4.69, 9.17) is 4.74 Å². The summed E-state index contributed by atoms with van der Waals surface area (Å²) >= 11 is 0. The van der Waals surface area contributed by atoms with Gasteiger partial charge in [0.2, 0.25) is 5.91 Å². The first-order chi connectivity index (χ1) is 12.3. The van der Waals surface area contributed by atoms with E-state index in [-0.39, 0.29) is 0 Å².